The molecule has 0 atom stereocenters. The van der Waals surface area contributed by atoms with Gasteiger partial charge in [0.15, 0.2) is 0 Å². The molecule has 0 fully saturated rings. The number of aryl methyl sites for hydroxylation is 1. The van der Waals surface area contributed by atoms with Crippen molar-refractivity contribution in [2.45, 2.75) is 6.92 Å². The lowest BCUT2D eigenvalue weighted by Crippen LogP contribution is -2.12. The minimum absolute atomic E-state index is 0.209. The number of nitrogens with two attached hydrogens (primary N) is 1. The van der Waals surface area contributed by atoms with Crippen molar-refractivity contribution in [2.75, 3.05) is 18.2 Å². The molecule has 1 aromatic heterocycles. The van der Waals surface area contributed by atoms with Gasteiger partial charge in [-0.05, 0) is 36.1 Å². The Morgan fingerprint density at radius 2 is 2.17 bits per heavy atom. The summed E-state index contributed by atoms with van der Waals surface area (Å²) in [6.07, 6.45) is 0. The van der Waals surface area contributed by atoms with Gasteiger partial charge in [-0.2, -0.15) is 0 Å². The molecule has 1 aromatic carbocycles. The fourth-order valence-electron chi connectivity index (χ4n) is 1.58. The van der Waals surface area contributed by atoms with Crippen molar-refractivity contribution in [3.05, 3.63) is 40.1 Å². The van der Waals surface area contributed by atoms with Crippen LogP contribution in [0.25, 0.3) is 0 Å². The van der Waals surface area contributed by atoms with Crippen LogP contribution in [-0.2, 0) is 0 Å². The Bertz CT molecular complexity index is 578. The van der Waals surface area contributed by atoms with Gasteiger partial charge < -0.3 is 15.8 Å². The second kappa shape index (κ2) is 5.10. The summed E-state index contributed by atoms with van der Waals surface area (Å²) in [6, 6.07) is 7.28. The predicted molar refractivity (Wildman–Crippen MR) is 74.4 cm³/mol. The van der Waals surface area contributed by atoms with Crippen LogP contribution in [0.2, 0.25) is 0 Å². The minimum atomic E-state index is -0.209. The first-order valence-corrected chi connectivity index (χ1v) is 6.28. The number of ether oxygens (including phenoxy) is 1. The van der Waals surface area contributed by atoms with Gasteiger partial charge in [-0.3, -0.25) is 4.79 Å². The van der Waals surface area contributed by atoms with E-state index in [4.69, 9.17) is 10.5 Å². The molecular weight excluding hydrogens is 248 g/mol. The molecule has 0 saturated heterocycles. The monoisotopic (exact) mass is 262 g/mol. The van der Waals surface area contributed by atoms with Gasteiger partial charge in [0.1, 0.15) is 10.6 Å². The first kappa shape index (κ1) is 12.4. The quantitative estimate of drug-likeness (QED) is 0.836. The number of amides is 1. The van der Waals surface area contributed by atoms with Crippen LogP contribution in [-0.4, -0.2) is 13.0 Å². The maximum Gasteiger partial charge on any atom is 0.269 e. The second-order valence-electron chi connectivity index (χ2n) is 3.86. The molecule has 94 valence electrons. The number of nitrogen functional groups attached to an aromatic ring is 1. The number of benzene rings is 1. The Morgan fingerprint density at radius 1 is 1.39 bits per heavy atom. The number of anilines is 2. The van der Waals surface area contributed by atoms with Crippen LogP contribution in [0.5, 0.6) is 5.75 Å². The topological polar surface area (TPSA) is 64.3 Å². The predicted octanol–water partition coefficient (Wildman–Crippen LogP) is 2.90. The van der Waals surface area contributed by atoms with Crippen molar-refractivity contribution in [3.8, 4) is 5.75 Å². The van der Waals surface area contributed by atoms with Gasteiger partial charge in [0, 0.05) is 0 Å². The highest BCUT2D eigenvalue weighted by molar-refractivity contribution is 7.12. The van der Waals surface area contributed by atoms with Gasteiger partial charge in [-0.1, -0.05) is 6.07 Å². The average Bonchev–Trinajstić information content (AvgIpc) is 2.82. The number of rotatable bonds is 3. The Labute approximate surface area is 109 Å². The lowest BCUT2D eigenvalue weighted by atomic mass is 10.2. The van der Waals surface area contributed by atoms with E-state index in [1.54, 1.807) is 19.2 Å². The lowest BCUT2D eigenvalue weighted by Gasteiger charge is -2.09. The molecule has 2 rings (SSSR count). The molecule has 0 saturated carbocycles. The molecule has 3 N–H and O–H groups in total. The van der Waals surface area contributed by atoms with Gasteiger partial charge in [0.2, 0.25) is 0 Å². The van der Waals surface area contributed by atoms with E-state index in [2.05, 4.69) is 5.32 Å². The second-order valence-corrected chi connectivity index (χ2v) is 4.78. The molecule has 0 spiro atoms. The molecule has 0 aliphatic heterocycles. The number of nitrogens with one attached hydrogen (secondary N) is 1. The molecule has 0 unspecified atom stereocenters. The normalized spacial score (nSPS) is 10.1. The summed E-state index contributed by atoms with van der Waals surface area (Å²) < 4.78 is 5.12. The number of methoxy groups -OCH3 is 1. The number of carbonyl (C=O) groups is 1. The average molecular weight is 262 g/mol. The van der Waals surface area contributed by atoms with Crippen molar-refractivity contribution in [3.63, 3.8) is 0 Å². The maximum absolute atomic E-state index is 12.1. The van der Waals surface area contributed by atoms with Gasteiger partial charge in [-0.15, -0.1) is 11.3 Å². The zero-order valence-electron chi connectivity index (χ0n) is 10.2. The van der Waals surface area contributed by atoms with E-state index in [0.29, 0.717) is 22.0 Å². The molecule has 2 aromatic rings. The third-order valence-electron chi connectivity index (χ3n) is 2.51. The largest absolute Gasteiger partial charge is 0.495 e. The van der Waals surface area contributed by atoms with Crippen molar-refractivity contribution < 1.29 is 9.53 Å². The summed E-state index contributed by atoms with van der Waals surface area (Å²) in [4.78, 5) is 12.6. The van der Waals surface area contributed by atoms with E-state index >= 15 is 0 Å². The van der Waals surface area contributed by atoms with Crippen LogP contribution in [0.4, 0.5) is 11.4 Å². The molecule has 1 heterocycles. The number of hydrogen-bond acceptors (Lipinski definition) is 4. The number of hydrogen-bond donors (Lipinski definition) is 2. The van der Waals surface area contributed by atoms with E-state index in [0.717, 1.165) is 5.56 Å². The fraction of sp³-hybridized carbons (Fsp3) is 0.154. The summed E-state index contributed by atoms with van der Waals surface area (Å²) in [7, 11) is 1.54. The molecule has 0 bridgehead atoms. The van der Waals surface area contributed by atoms with Crippen molar-refractivity contribution in [2.24, 2.45) is 0 Å². The van der Waals surface area contributed by atoms with Crippen LogP contribution in [0, 0.1) is 6.92 Å². The Morgan fingerprint density at radius 3 is 2.89 bits per heavy atom. The summed E-state index contributed by atoms with van der Waals surface area (Å²) in [6.45, 7) is 1.95. The van der Waals surface area contributed by atoms with E-state index in [1.165, 1.54) is 11.3 Å². The van der Waals surface area contributed by atoms with E-state index in [-0.39, 0.29) is 5.91 Å². The van der Waals surface area contributed by atoms with Gasteiger partial charge in [-0.25, -0.2) is 0 Å². The van der Waals surface area contributed by atoms with Gasteiger partial charge in [0.25, 0.3) is 5.91 Å². The van der Waals surface area contributed by atoms with E-state index in [1.807, 2.05) is 24.4 Å². The van der Waals surface area contributed by atoms with Crippen molar-refractivity contribution in [1.29, 1.82) is 0 Å². The lowest BCUT2D eigenvalue weighted by molar-refractivity contribution is 0.102. The molecule has 0 aliphatic rings. The molecular formula is C13H14N2O2S. The van der Waals surface area contributed by atoms with Crippen LogP contribution in [0.3, 0.4) is 0 Å². The summed E-state index contributed by atoms with van der Waals surface area (Å²) in [5, 5.41) is 4.61. The molecule has 0 aliphatic carbocycles. The molecule has 4 nitrogen and oxygen atoms in total. The first-order chi connectivity index (χ1) is 8.61. The van der Waals surface area contributed by atoms with Crippen LogP contribution < -0.4 is 15.8 Å². The molecule has 0 radical (unpaired) electrons. The summed E-state index contributed by atoms with van der Waals surface area (Å²) >= 11 is 1.33. The minimum Gasteiger partial charge on any atom is -0.495 e. The standard InChI is InChI=1S/C13H14N2O2S/c1-8-3-4-9(14)10(7-8)15-13(16)12-11(17-2)5-6-18-12/h3-7H,14H2,1-2H3,(H,15,16). The van der Waals surface area contributed by atoms with E-state index < -0.39 is 0 Å². The Balaban J connectivity index is 2.24. The SMILES string of the molecule is COc1ccsc1C(=O)Nc1cc(C)ccc1N. The zero-order valence-corrected chi connectivity index (χ0v) is 11.0. The molecule has 1 amide bonds. The van der Waals surface area contributed by atoms with Gasteiger partial charge in [0.05, 0.1) is 18.5 Å². The smallest absolute Gasteiger partial charge is 0.269 e. The maximum atomic E-state index is 12.1. The summed E-state index contributed by atoms with van der Waals surface area (Å²) in [5.74, 6) is 0.364. The summed E-state index contributed by atoms with van der Waals surface area (Å²) in [5.41, 5.74) is 8.03. The van der Waals surface area contributed by atoms with Gasteiger partial charge >= 0.3 is 0 Å². The third-order valence-corrected chi connectivity index (χ3v) is 3.41. The van der Waals surface area contributed by atoms with Crippen LogP contribution in [0.15, 0.2) is 29.6 Å². The highest BCUT2D eigenvalue weighted by Crippen LogP contribution is 2.27. The van der Waals surface area contributed by atoms with Crippen molar-refractivity contribution >= 4 is 28.6 Å². The molecule has 5 heteroatoms. The van der Waals surface area contributed by atoms with Crippen LogP contribution >= 0.6 is 11.3 Å². The number of carbonyl (C=O) groups excluding carboxylic acids is 1. The highest BCUT2D eigenvalue weighted by atomic mass is 32.1. The number of thiophene rings is 1. The first-order valence-electron chi connectivity index (χ1n) is 5.41. The molecule has 18 heavy (non-hydrogen) atoms. The Kier molecular flexibility index (Phi) is 3.53. The van der Waals surface area contributed by atoms with Crippen molar-refractivity contribution in [1.82, 2.24) is 0 Å². The Hall–Kier alpha value is -2.01. The zero-order chi connectivity index (χ0) is 13.1. The van der Waals surface area contributed by atoms with Crippen LogP contribution in [0.1, 0.15) is 15.2 Å². The van der Waals surface area contributed by atoms with E-state index in [9.17, 15) is 4.79 Å². The third kappa shape index (κ3) is 2.46. The highest BCUT2D eigenvalue weighted by Gasteiger charge is 2.14. The fourth-order valence-corrected chi connectivity index (χ4v) is 2.33.